The maximum absolute atomic E-state index is 11.9. The molecular weight excluding hydrogens is 216 g/mol. The molecule has 2 aliphatic carbocycles. The van der Waals surface area contributed by atoms with E-state index in [4.69, 9.17) is 5.11 Å². The van der Waals surface area contributed by atoms with Gasteiger partial charge in [0.15, 0.2) is 5.78 Å². The van der Waals surface area contributed by atoms with Crippen molar-refractivity contribution in [3.63, 3.8) is 0 Å². The third-order valence-corrected chi connectivity index (χ3v) is 4.33. The molecule has 3 heteroatoms. The predicted molar refractivity (Wildman–Crippen MR) is 64.6 cm³/mol. The molecule has 0 bridgehead atoms. The monoisotopic (exact) mass is 236 g/mol. The summed E-state index contributed by atoms with van der Waals surface area (Å²) in [6, 6.07) is 0. The molecule has 0 aromatic carbocycles. The van der Waals surface area contributed by atoms with E-state index in [0.717, 1.165) is 12.8 Å². The quantitative estimate of drug-likeness (QED) is 0.819. The highest BCUT2D eigenvalue weighted by Gasteiger charge is 2.37. The number of hydrogen-bond acceptors (Lipinski definition) is 2. The lowest BCUT2D eigenvalue weighted by molar-refractivity contribution is -0.138. The third-order valence-electron chi connectivity index (χ3n) is 4.33. The zero-order chi connectivity index (χ0) is 12.4. The van der Waals surface area contributed by atoms with Crippen molar-refractivity contribution in [3.05, 3.63) is 11.6 Å². The van der Waals surface area contributed by atoms with Crippen molar-refractivity contribution in [1.82, 2.24) is 0 Å². The van der Waals surface area contributed by atoms with Crippen LogP contribution in [0.1, 0.15) is 45.4 Å². The largest absolute Gasteiger partial charge is 0.481 e. The lowest BCUT2D eigenvalue weighted by Crippen LogP contribution is -2.34. The van der Waals surface area contributed by atoms with Gasteiger partial charge in [0, 0.05) is 12.3 Å². The van der Waals surface area contributed by atoms with Crippen molar-refractivity contribution in [1.29, 1.82) is 0 Å². The zero-order valence-corrected chi connectivity index (χ0v) is 10.3. The summed E-state index contributed by atoms with van der Waals surface area (Å²) < 4.78 is 0. The number of fused-ring (bicyclic) bond motifs is 1. The molecule has 2 aliphatic rings. The van der Waals surface area contributed by atoms with Crippen molar-refractivity contribution in [3.8, 4) is 0 Å². The number of ketones is 1. The predicted octanol–water partition coefficient (Wildman–Crippen LogP) is 2.80. The molecule has 3 nitrogen and oxygen atoms in total. The van der Waals surface area contributed by atoms with Crippen LogP contribution in [0.25, 0.3) is 0 Å². The van der Waals surface area contributed by atoms with Gasteiger partial charge in [0.25, 0.3) is 0 Å². The smallest absolute Gasteiger partial charge is 0.303 e. The summed E-state index contributed by atoms with van der Waals surface area (Å²) in [5.41, 5.74) is 1.29. The fourth-order valence-electron chi connectivity index (χ4n) is 3.35. The topological polar surface area (TPSA) is 54.4 Å². The Morgan fingerprint density at radius 2 is 2.24 bits per heavy atom. The van der Waals surface area contributed by atoms with Gasteiger partial charge in [0.1, 0.15) is 0 Å². The van der Waals surface area contributed by atoms with Crippen molar-refractivity contribution in [2.75, 3.05) is 0 Å². The van der Waals surface area contributed by atoms with E-state index in [2.05, 4.69) is 0 Å². The van der Waals surface area contributed by atoms with Gasteiger partial charge in [-0.25, -0.2) is 0 Å². The number of hydrogen-bond donors (Lipinski definition) is 1. The van der Waals surface area contributed by atoms with Crippen LogP contribution in [0.5, 0.6) is 0 Å². The summed E-state index contributed by atoms with van der Waals surface area (Å²) >= 11 is 0. The van der Waals surface area contributed by atoms with E-state index in [1.54, 1.807) is 0 Å². The highest BCUT2D eigenvalue weighted by molar-refractivity contribution is 5.93. The van der Waals surface area contributed by atoms with Crippen molar-refractivity contribution >= 4 is 11.8 Å². The molecular formula is C14H20O3. The standard InChI is InChI=1S/C14H20O3/c1-9-11(6-7-14(16)17)12-5-3-2-4-10(12)8-13(9)15/h8-9,11-12H,2-7H2,1H3,(H,16,17)/t9-,11-,12-/m0/s1. The second-order valence-electron chi connectivity index (χ2n) is 5.36. The first-order valence-electron chi connectivity index (χ1n) is 6.55. The Morgan fingerprint density at radius 3 is 2.94 bits per heavy atom. The minimum absolute atomic E-state index is 0.00111. The third kappa shape index (κ3) is 2.59. The zero-order valence-electron chi connectivity index (χ0n) is 10.3. The summed E-state index contributed by atoms with van der Waals surface area (Å²) in [4.78, 5) is 22.6. The van der Waals surface area contributed by atoms with Gasteiger partial charge in [-0.1, -0.05) is 18.9 Å². The Morgan fingerprint density at radius 1 is 1.47 bits per heavy atom. The molecule has 0 amide bonds. The number of carbonyl (C=O) groups excluding carboxylic acids is 1. The van der Waals surface area contributed by atoms with E-state index in [0.29, 0.717) is 12.3 Å². The SMILES string of the molecule is C[C@@H]1C(=O)C=C2CCCC[C@@H]2[C@H]1CCC(=O)O. The minimum Gasteiger partial charge on any atom is -0.481 e. The van der Waals surface area contributed by atoms with E-state index < -0.39 is 5.97 Å². The van der Waals surface area contributed by atoms with Crippen LogP contribution < -0.4 is 0 Å². The summed E-state index contributed by atoms with van der Waals surface area (Å²) in [7, 11) is 0. The summed E-state index contributed by atoms with van der Waals surface area (Å²) in [6.07, 6.45) is 7.23. The highest BCUT2D eigenvalue weighted by atomic mass is 16.4. The van der Waals surface area contributed by atoms with Gasteiger partial charge >= 0.3 is 5.97 Å². The first kappa shape index (κ1) is 12.3. The van der Waals surface area contributed by atoms with Gasteiger partial charge in [-0.15, -0.1) is 0 Å². The molecule has 17 heavy (non-hydrogen) atoms. The van der Waals surface area contributed by atoms with Crippen LogP contribution in [-0.4, -0.2) is 16.9 Å². The molecule has 0 aromatic rings. The number of allylic oxidation sites excluding steroid dienone is 2. The molecule has 0 heterocycles. The molecule has 0 unspecified atom stereocenters. The van der Waals surface area contributed by atoms with Crippen LogP contribution in [0, 0.1) is 17.8 Å². The van der Waals surface area contributed by atoms with E-state index in [-0.39, 0.29) is 24.0 Å². The first-order valence-corrected chi connectivity index (χ1v) is 6.55. The van der Waals surface area contributed by atoms with Gasteiger partial charge in [0.2, 0.25) is 0 Å². The van der Waals surface area contributed by atoms with E-state index >= 15 is 0 Å². The fraction of sp³-hybridized carbons (Fsp3) is 0.714. The Kier molecular flexibility index (Phi) is 3.65. The first-order chi connectivity index (χ1) is 8.09. The molecule has 94 valence electrons. The lowest BCUT2D eigenvalue weighted by atomic mass is 9.65. The molecule has 1 N–H and O–H groups in total. The average Bonchev–Trinajstić information content (AvgIpc) is 2.29. The molecule has 1 saturated carbocycles. The van der Waals surface area contributed by atoms with Gasteiger partial charge in [-0.3, -0.25) is 9.59 Å². The molecule has 0 aromatic heterocycles. The second-order valence-corrected chi connectivity index (χ2v) is 5.36. The lowest BCUT2D eigenvalue weighted by Gasteiger charge is -2.38. The number of carbonyl (C=O) groups is 2. The minimum atomic E-state index is -0.753. The van der Waals surface area contributed by atoms with E-state index in [1.165, 1.54) is 18.4 Å². The van der Waals surface area contributed by atoms with Gasteiger partial charge in [-0.2, -0.15) is 0 Å². The van der Waals surface area contributed by atoms with Crippen molar-refractivity contribution in [2.24, 2.45) is 17.8 Å². The number of rotatable bonds is 3. The number of carboxylic acid groups (broad SMARTS) is 1. The van der Waals surface area contributed by atoms with Crippen LogP contribution in [0.3, 0.4) is 0 Å². The molecule has 0 spiro atoms. The summed E-state index contributed by atoms with van der Waals surface area (Å²) in [6.45, 7) is 1.96. The van der Waals surface area contributed by atoms with Gasteiger partial charge in [-0.05, 0) is 43.6 Å². The number of aliphatic carboxylic acids is 1. The second kappa shape index (κ2) is 5.03. The van der Waals surface area contributed by atoms with Crippen molar-refractivity contribution < 1.29 is 14.7 Å². The van der Waals surface area contributed by atoms with Crippen molar-refractivity contribution in [2.45, 2.75) is 45.4 Å². The normalized spacial score (nSPS) is 32.9. The average molecular weight is 236 g/mol. The van der Waals surface area contributed by atoms with Crippen LogP contribution in [0.2, 0.25) is 0 Å². The maximum Gasteiger partial charge on any atom is 0.303 e. The van der Waals surface area contributed by atoms with Gasteiger partial charge < -0.3 is 5.11 Å². The number of carboxylic acids is 1. The Hall–Kier alpha value is -1.12. The van der Waals surface area contributed by atoms with Crippen LogP contribution in [0.15, 0.2) is 11.6 Å². The molecule has 0 saturated heterocycles. The van der Waals surface area contributed by atoms with E-state index in [9.17, 15) is 9.59 Å². The van der Waals surface area contributed by atoms with Crippen LogP contribution in [-0.2, 0) is 9.59 Å². The Labute approximate surface area is 102 Å². The van der Waals surface area contributed by atoms with Gasteiger partial charge in [0.05, 0.1) is 0 Å². The fourth-order valence-corrected chi connectivity index (χ4v) is 3.35. The molecule has 2 rings (SSSR count). The van der Waals surface area contributed by atoms with E-state index in [1.807, 2.05) is 13.0 Å². The Balaban J connectivity index is 2.14. The van der Waals surface area contributed by atoms with Crippen LogP contribution >= 0.6 is 0 Å². The molecule has 0 radical (unpaired) electrons. The Bertz CT molecular complexity index is 356. The van der Waals surface area contributed by atoms with Crippen LogP contribution in [0.4, 0.5) is 0 Å². The summed E-state index contributed by atoms with van der Waals surface area (Å²) in [5.74, 6) is 0.168. The summed E-state index contributed by atoms with van der Waals surface area (Å²) in [5, 5.41) is 8.79. The molecule has 0 aliphatic heterocycles. The highest BCUT2D eigenvalue weighted by Crippen LogP contribution is 2.43. The maximum atomic E-state index is 11.9. The molecule has 1 fully saturated rings. The molecule has 3 atom stereocenters.